The molecule has 0 unspecified atom stereocenters. The first-order valence-corrected chi connectivity index (χ1v) is 51.1. The Bertz CT molecular complexity index is 1470. The summed E-state index contributed by atoms with van der Waals surface area (Å²) in [6.45, 7) is 55.5. The van der Waals surface area contributed by atoms with Crippen LogP contribution in [0.5, 0.6) is 0 Å². The van der Waals surface area contributed by atoms with E-state index in [4.69, 9.17) is 51.2 Å². The summed E-state index contributed by atoms with van der Waals surface area (Å²) in [5.74, 6) is -1.43. The molecule has 0 bridgehead atoms. The van der Waals surface area contributed by atoms with Crippen molar-refractivity contribution in [1.29, 1.82) is 0 Å². The summed E-state index contributed by atoms with van der Waals surface area (Å²) in [5, 5.41) is 0. The van der Waals surface area contributed by atoms with Crippen LogP contribution in [0, 0.1) is 0 Å². The van der Waals surface area contributed by atoms with E-state index < -0.39 is 103 Å². The molecule has 15 nitrogen and oxygen atoms in total. The molecular formula is C40H90O15Si10. The van der Waals surface area contributed by atoms with Crippen molar-refractivity contribution in [3.8, 4) is 0 Å². The monoisotopic (exact) mass is 1090 g/mol. The van der Waals surface area contributed by atoms with Gasteiger partial charge in [0.1, 0.15) is 0 Å². The standard InChI is InChI=1S/C40H90O15Si10/c1-35(2)38(41)44-29-26-32-63(33-27-30-45-39(42)36(3)4,34-28-31-46-40(43)37(5)6)52-61(22,23)53-65(50-59(16,17)18,51-60(19,20)21)55-62(24,25)54-64(47-56(7,8)9,48-57(10,11)12)49-58(13,14)15/h1,3,5,26-34H2,2,4,6-25H3. The Balaban J connectivity index is 7.77. The summed E-state index contributed by atoms with van der Waals surface area (Å²) in [7, 11) is -30.1. The van der Waals surface area contributed by atoms with Gasteiger partial charge in [0.25, 0.3) is 0 Å². The Morgan fingerprint density at radius 3 is 0.738 bits per heavy atom. The molecule has 0 aliphatic rings. The zero-order chi connectivity index (χ0) is 51.3. The van der Waals surface area contributed by atoms with E-state index in [1.54, 1.807) is 20.8 Å². The molecule has 0 saturated heterocycles. The van der Waals surface area contributed by atoms with Crippen LogP contribution in [0.4, 0.5) is 0 Å². The third-order valence-corrected chi connectivity index (χ3v) is 41.4. The summed E-state index contributed by atoms with van der Waals surface area (Å²) in [6, 6.07) is 1.64. The van der Waals surface area contributed by atoms with Gasteiger partial charge in [-0.2, -0.15) is 0 Å². The third-order valence-electron chi connectivity index (χ3n) is 7.81. The maximum atomic E-state index is 12.4. The van der Waals surface area contributed by atoms with E-state index in [0.29, 0.717) is 54.1 Å². The number of rotatable bonds is 33. The fourth-order valence-electron chi connectivity index (χ4n) is 6.17. The Morgan fingerprint density at radius 2 is 0.538 bits per heavy atom. The molecule has 0 aliphatic heterocycles. The minimum atomic E-state index is -4.24. The Kier molecular flexibility index (Phi) is 25.3. The molecule has 25 heteroatoms. The molecule has 0 radical (unpaired) electrons. The van der Waals surface area contributed by atoms with Crippen LogP contribution in [-0.2, 0) is 65.6 Å². The molecule has 0 heterocycles. The van der Waals surface area contributed by atoms with E-state index in [0.717, 1.165) is 0 Å². The molecule has 0 saturated carbocycles. The van der Waals surface area contributed by atoms with Gasteiger partial charge in [0.15, 0.2) is 49.9 Å². The Hall–Kier alpha value is -0.561. The molecule has 380 valence electrons. The maximum Gasteiger partial charge on any atom is 0.640 e. The summed E-state index contributed by atoms with van der Waals surface area (Å²) in [6.07, 6.45) is 1.44. The number of esters is 3. The Morgan fingerprint density at radius 1 is 0.338 bits per heavy atom. The predicted molar refractivity (Wildman–Crippen MR) is 284 cm³/mol. The van der Waals surface area contributed by atoms with E-state index in [1.165, 1.54) is 0 Å². The van der Waals surface area contributed by atoms with E-state index >= 15 is 0 Å². The highest BCUT2D eigenvalue weighted by Gasteiger charge is 2.63. The molecule has 0 amide bonds. The van der Waals surface area contributed by atoms with Crippen molar-refractivity contribution in [2.24, 2.45) is 0 Å². The largest absolute Gasteiger partial charge is 0.640 e. The number of carbonyl (C=O) groups excluding carboxylic acids is 3. The second kappa shape index (κ2) is 25.5. The molecule has 65 heavy (non-hydrogen) atoms. The molecule has 0 spiro atoms. The molecule has 0 rings (SSSR count). The highest BCUT2D eigenvalue weighted by atomic mass is 28.6. The number of hydrogen-bond acceptors (Lipinski definition) is 15. The molecule has 0 atom stereocenters. The van der Waals surface area contributed by atoms with Gasteiger partial charge in [-0.1, -0.05) is 19.7 Å². The Labute approximate surface area is 405 Å². The number of ether oxygens (including phenoxy) is 3. The summed E-state index contributed by atoms with van der Waals surface area (Å²) < 4.78 is 81.2. The van der Waals surface area contributed by atoms with Gasteiger partial charge in [0, 0.05) is 16.7 Å². The van der Waals surface area contributed by atoms with Crippen molar-refractivity contribution in [2.75, 3.05) is 19.8 Å². The van der Waals surface area contributed by atoms with Crippen molar-refractivity contribution < 1.29 is 65.6 Å². The van der Waals surface area contributed by atoms with Gasteiger partial charge in [0.05, 0.1) is 19.8 Å². The highest BCUT2D eigenvalue weighted by molar-refractivity contribution is 6.95. The van der Waals surface area contributed by atoms with Crippen LogP contribution in [0.25, 0.3) is 0 Å². The van der Waals surface area contributed by atoms with Gasteiger partial charge in [-0.25, -0.2) is 14.4 Å². The molecular weight excluding hydrogens is 1000 g/mol. The van der Waals surface area contributed by atoms with E-state index in [1.807, 2.05) is 26.2 Å². The van der Waals surface area contributed by atoms with Gasteiger partial charge in [0.2, 0.25) is 0 Å². The zero-order valence-electron chi connectivity index (χ0n) is 44.6. The first-order valence-electron chi connectivity index (χ1n) is 22.6. The smallest absolute Gasteiger partial charge is 0.462 e. The van der Waals surface area contributed by atoms with Gasteiger partial charge in [-0.15, -0.1) is 0 Å². The summed E-state index contributed by atoms with van der Waals surface area (Å²) in [5.41, 5.74) is 0.911. The predicted octanol–water partition coefficient (Wildman–Crippen LogP) is 11.1. The summed E-state index contributed by atoms with van der Waals surface area (Å²) in [4.78, 5) is 37.3. The molecule has 0 N–H and O–H groups in total. The van der Waals surface area contributed by atoms with Gasteiger partial charge in [-0.3, -0.25) is 0 Å². The summed E-state index contributed by atoms with van der Waals surface area (Å²) >= 11 is 0. The minimum Gasteiger partial charge on any atom is -0.462 e. The van der Waals surface area contributed by atoms with Crippen molar-refractivity contribution in [3.63, 3.8) is 0 Å². The van der Waals surface area contributed by atoms with Crippen LogP contribution in [0.3, 0.4) is 0 Å². The molecule has 0 aromatic carbocycles. The quantitative estimate of drug-likeness (QED) is 0.0200. The zero-order valence-corrected chi connectivity index (χ0v) is 54.6. The van der Waals surface area contributed by atoms with Gasteiger partial charge >= 0.3 is 53.1 Å². The lowest BCUT2D eigenvalue weighted by atomic mass is 10.4. The number of hydrogen-bond donors (Lipinski definition) is 0. The lowest BCUT2D eigenvalue weighted by Gasteiger charge is -2.48. The lowest BCUT2D eigenvalue weighted by molar-refractivity contribution is -0.139. The SMILES string of the molecule is C=C(C)C(=O)OCCC[Si](CCCOC(=O)C(=C)C)(CCCOC(=O)C(=C)C)O[Si](C)(C)O[Si](O[Si](C)(C)C)(O[Si](C)(C)C)O[Si](C)(C)O[Si](O[Si](C)(C)C)(O[Si](C)(C)C)O[Si](C)(C)C. The third kappa shape index (κ3) is 29.9. The van der Waals surface area contributed by atoms with Gasteiger partial charge in [-0.05, 0) is 183 Å². The number of carbonyl (C=O) groups is 3. The second-order valence-corrected chi connectivity index (χ2v) is 62.5. The maximum absolute atomic E-state index is 12.4. The topological polar surface area (TPSA) is 162 Å². The van der Waals surface area contributed by atoms with Crippen molar-refractivity contribution in [3.05, 3.63) is 36.5 Å². The van der Waals surface area contributed by atoms with E-state index in [-0.39, 0.29) is 19.8 Å². The van der Waals surface area contributed by atoms with Crippen molar-refractivity contribution >= 4 is 103 Å². The van der Waals surface area contributed by atoms with Crippen LogP contribution >= 0.6 is 0 Å². The highest BCUT2D eigenvalue weighted by Crippen LogP contribution is 2.37. The normalized spacial score (nSPS) is 13.9. The molecule has 0 aromatic heterocycles. The first-order chi connectivity index (χ1) is 28.8. The lowest BCUT2D eigenvalue weighted by Crippen LogP contribution is -2.71. The fraction of sp³-hybridized carbons (Fsp3) is 0.775. The van der Waals surface area contributed by atoms with Crippen LogP contribution in [0.1, 0.15) is 40.0 Å². The first kappa shape index (κ1) is 64.4. The molecule has 0 fully saturated rings. The molecule has 0 aromatic rings. The molecule has 0 aliphatic carbocycles. The van der Waals surface area contributed by atoms with Crippen LogP contribution in [0.15, 0.2) is 36.5 Å². The fourth-order valence-corrected chi connectivity index (χ4v) is 44.5. The van der Waals surface area contributed by atoms with Crippen molar-refractivity contribution in [2.45, 2.75) is 183 Å². The van der Waals surface area contributed by atoms with E-state index in [9.17, 15) is 14.4 Å². The van der Waals surface area contributed by atoms with Crippen LogP contribution in [0.2, 0.25) is 143 Å². The van der Waals surface area contributed by atoms with Crippen molar-refractivity contribution in [1.82, 2.24) is 0 Å². The van der Waals surface area contributed by atoms with Gasteiger partial charge < -0.3 is 51.2 Å². The minimum absolute atomic E-state index is 0.141. The second-order valence-electron chi connectivity index (χ2n) is 22.5. The van der Waals surface area contributed by atoms with E-state index in [2.05, 4.69) is 118 Å². The van der Waals surface area contributed by atoms with Crippen LogP contribution in [-0.4, -0.2) is 123 Å². The average Bonchev–Trinajstić information content (AvgIpc) is 3.00. The average molecular weight is 1090 g/mol. The van der Waals surface area contributed by atoms with Crippen LogP contribution < -0.4 is 0 Å².